The highest BCUT2D eigenvalue weighted by molar-refractivity contribution is 6.35. The van der Waals surface area contributed by atoms with Crippen molar-refractivity contribution in [2.24, 2.45) is 0 Å². The molecular formula is C23H15Cl2F11N2O2. The number of halogens is 13. The quantitative estimate of drug-likeness (QED) is 0.244. The van der Waals surface area contributed by atoms with Crippen molar-refractivity contribution in [3.8, 4) is 0 Å². The van der Waals surface area contributed by atoms with Crippen LogP contribution in [0.2, 0.25) is 10.0 Å². The lowest BCUT2D eigenvalue weighted by molar-refractivity contribution is -0.140. The molecule has 4 nitrogen and oxygen atoms in total. The third-order valence-corrected chi connectivity index (χ3v) is 5.63. The van der Waals surface area contributed by atoms with Gasteiger partial charge >= 0.3 is 18.5 Å². The smallest absolute Gasteiger partial charge is 0.345 e. The van der Waals surface area contributed by atoms with Crippen LogP contribution in [0.25, 0.3) is 5.83 Å². The first-order chi connectivity index (χ1) is 18.1. The molecule has 0 spiro atoms. The summed E-state index contributed by atoms with van der Waals surface area (Å²) in [5, 5.41) is 1.50. The summed E-state index contributed by atoms with van der Waals surface area (Å²) in [6.45, 7) is -0.908. The zero-order valence-corrected chi connectivity index (χ0v) is 21.1. The third kappa shape index (κ3) is 8.71. The van der Waals surface area contributed by atoms with Gasteiger partial charge in [-0.05, 0) is 42.8 Å². The molecule has 0 aromatic heterocycles. The summed E-state index contributed by atoms with van der Waals surface area (Å²) in [5.74, 6) is -8.90. The van der Waals surface area contributed by atoms with Gasteiger partial charge in [0.25, 0.3) is 5.91 Å². The van der Waals surface area contributed by atoms with Gasteiger partial charge < -0.3 is 10.6 Å². The van der Waals surface area contributed by atoms with Gasteiger partial charge in [0.2, 0.25) is 5.91 Å². The fourth-order valence-electron chi connectivity index (χ4n) is 3.18. The van der Waals surface area contributed by atoms with Crippen LogP contribution in [0.15, 0.2) is 36.4 Å². The van der Waals surface area contributed by atoms with Gasteiger partial charge in [-0.3, -0.25) is 9.59 Å². The van der Waals surface area contributed by atoms with E-state index >= 15 is 0 Å². The Labute approximate surface area is 228 Å². The molecule has 2 amide bonds. The lowest BCUT2D eigenvalue weighted by atomic mass is 9.95. The summed E-state index contributed by atoms with van der Waals surface area (Å²) in [4.78, 5) is 24.1. The summed E-state index contributed by atoms with van der Waals surface area (Å²) in [6, 6.07) is 0.219. The zero-order valence-electron chi connectivity index (χ0n) is 19.6. The van der Waals surface area contributed by atoms with Crippen LogP contribution in [-0.4, -0.2) is 36.8 Å². The minimum absolute atomic E-state index is 0.0210. The molecule has 0 fully saturated rings. The lowest BCUT2D eigenvalue weighted by Crippen LogP contribution is -2.47. The fraction of sp³-hybridized carbons (Fsp3) is 0.304. The Bertz CT molecular complexity index is 1280. The summed E-state index contributed by atoms with van der Waals surface area (Å²) < 4.78 is 147. The molecule has 2 aromatic rings. The maximum atomic E-state index is 14.9. The first-order valence-electron chi connectivity index (χ1n) is 10.6. The summed E-state index contributed by atoms with van der Waals surface area (Å²) in [5.41, 5.74) is -4.91. The Morgan fingerprint density at radius 1 is 0.950 bits per heavy atom. The highest BCUT2D eigenvalue weighted by atomic mass is 35.5. The van der Waals surface area contributed by atoms with Gasteiger partial charge in [-0.1, -0.05) is 29.3 Å². The second kappa shape index (κ2) is 12.2. The molecule has 0 bridgehead atoms. The Balaban J connectivity index is 2.45. The number of carbonyl (C=O) groups is 2. The van der Waals surface area contributed by atoms with E-state index in [2.05, 4.69) is 0 Å². The van der Waals surface area contributed by atoms with Gasteiger partial charge in [-0.25, -0.2) is 8.78 Å². The Morgan fingerprint density at radius 2 is 1.50 bits per heavy atom. The van der Waals surface area contributed by atoms with E-state index in [9.17, 15) is 57.9 Å². The van der Waals surface area contributed by atoms with Crippen LogP contribution >= 0.6 is 23.2 Å². The molecule has 0 aliphatic carbocycles. The number of benzene rings is 2. The number of nitrogens with one attached hydrogen (secondary N) is 2. The van der Waals surface area contributed by atoms with E-state index in [1.807, 2.05) is 0 Å². The van der Waals surface area contributed by atoms with Gasteiger partial charge in [0.1, 0.15) is 24.3 Å². The number of hydrogen-bond acceptors (Lipinski definition) is 2. The molecule has 220 valence electrons. The zero-order chi connectivity index (χ0) is 30.8. The number of rotatable bonds is 7. The molecule has 0 aliphatic rings. The first-order valence-corrected chi connectivity index (χ1v) is 11.3. The van der Waals surface area contributed by atoms with Crippen molar-refractivity contribution in [1.29, 1.82) is 0 Å². The van der Waals surface area contributed by atoms with Gasteiger partial charge in [0.15, 0.2) is 5.82 Å². The molecule has 0 saturated carbocycles. The molecule has 0 heterocycles. The monoisotopic (exact) mass is 630 g/mol. The highest BCUT2D eigenvalue weighted by Gasteiger charge is 2.41. The molecule has 0 radical (unpaired) electrons. The summed E-state index contributed by atoms with van der Waals surface area (Å²) in [7, 11) is 0. The Morgan fingerprint density at radius 3 is 1.98 bits per heavy atom. The summed E-state index contributed by atoms with van der Waals surface area (Å²) >= 11 is 11.0. The largest absolute Gasteiger partial charge is 0.417 e. The van der Waals surface area contributed by atoms with E-state index in [4.69, 9.17) is 23.2 Å². The van der Waals surface area contributed by atoms with Crippen molar-refractivity contribution in [3.05, 3.63) is 74.5 Å². The molecule has 0 aliphatic heterocycles. The second-order valence-electron chi connectivity index (χ2n) is 8.12. The van der Waals surface area contributed by atoms with E-state index in [0.717, 1.165) is 6.92 Å². The fourth-order valence-corrected chi connectivity index (χ4v) is 3.69. The maximum Gasteiger partial charge on any atom is 0.417 e. The number of allylic oxidation sites excluding steroid dienone is 1. The van der Waals surface area contributed by atoms with Crippen molar-refractivity contribution in [2.75, 3.05) is 6.54 Å². The van der Waals surface area contributed by atoms with Gasteiger partial charge in [0, 0.05) is 5.56 Å². The average molecular weight is 631 g/mol. The van der Waals surface area contributed by atoms with Crippen molar-refractivity contribution >= 4 is 40.8 Å². The lowest BCUT2D eigenvalue weighted by Gasteiger charge is -2.19. The van der Waals surface area contributed by atoms with Crippen LogP contribution in [0.1, 0.15) is 39.9 Å². The SMILES string of the molecule is CC(NC(=O)c1ccc(/C(F)=C/C(c2cc(Cl)c(F)c(Cl)c2)C(F)(F)F)cc1C(F)(F)F)C(=O)NCC(F)(F)F. The van der Waals surface area contributed by atoms with Crippen molar-refractivity contribution in [3.63, 3.8) is 0 Å². The van der Waals surface area contributed by atoms with Crippen molar-refractivity contribution in [1.82, 2.24) is 10.6 Å². The molecule has 17 heteroatoms. The van der Waals surface area contributed by atoms with Crippen LogP contribution in [0, 0.1) is 5.82 Å². The minimum Gasteiger partial charge on any atom is -0.345 e. The molecule has 2 rings (SSSR count). The first kappa shape index (κ1) is 33.1. The van der Waals surface area contributed by atoms with Crippen LogP contribution in [-0.2, 0) is 11.0 Å². The average Bonchev–Trinajstić information content (AvgIpc) is 2.81. The highest BCUT2D eigenvalue weighted by Crippen LogP contribution is 2.41. The third-order valence-electron chi connectivity index (χ3n) is 5.08. The second-order valence-corrected chi connectivity index (χ2v) is 8.93. The molecule has 2 unspecified atom stereocenters. The number of alkyl halides is 9. The van der Waals surface area contributed by atoms with Crippen molar-refractivity contribution < 1.29 is 57.9 Å². The normalized spacial score (nSPS) is 14.5. The maximum absolute atomic E-state index is 14.9. The Hall–Kier alpha value is -3.07. The minimum atomic E-state index is -5.37. The predicted octanol–water partition coefficient (Wildman–Crippen LogP) is 7.60. The number of amides is 2. The van der Waals surface area contributed by atoms with Gasteiger partial charge in [-0.2, -0.15) is 39.5 Å². The van der Waals surface area contributed by atoms with Crippen LogP contribution in [0.3, 0.4) is 0 Å². The predicted molar refractivity (Wildman–Crippen MR) is 122 cm³/mol. The van der Waals surface area contributed by atoms with Crippen LogP contribution < -0.4 is 10.6 Å². The van der Waals surface area contributed by atoms with E-state index in [1.165, 1.54) is 5.32 Å². The number of carbonyl (C=O) groups excluding carboxylic acids is 2. The molecule has 2 N–H and O–H groups in total. The van der Waals surface area contributed by atoms with Crippen molar-refractivity contribution in [2.45, 2.75) is 37.4 Å². The van der Waals surface area contributed by atoms with Gasteiger partial charge in [0.05, 0.1) is 21.2 Å². The summed E-state index contributed by atoms with van der Waals surface area (Å²) in [6.07, 6.45) is -15.5. The Kier molecular flexibility index (Phi) is 10.1. The van der Waals surface area contributed by atoms with Crippen LogP contribution in [0.5, 0.6) is 0 Å². The molecular weight excluding hydrogens is 616 g/mol. The van der Waals surface area contributed by atoms with E-state index in [1.54, 1.807) is 5.32 Å². The molecule has 0 saturated heterocycles. The van der Waals surface area contributed by atoms with E-state index in [0.29, 0.717) is 24.3 Å². The standard InChI is InChI=1S/C23H15Cl2F11N2O2/c1-9(19(39)37-8-21(28,29)30)38-20(40)12-3-2-10(4-14(12)23(34,35)36)17(26)7-13(22(31,32)33)11-5-15(24)18(27)16(25)6-11/h2-7,9,13H,8H2,1H3,(H,37,39)(H,38,40)/b17-7-. The molecule has 2 aromatic carbocycles. The van der Waals surface area contributed by atoms with E-state index < -0.39 is 92.8 Å². The van der Waals surface area contributed by atoms with Crippen LogP contribution in [0.4, 0.5) is 48.3 Å². The molecule has 40 heavy (non-hydrogen) atoms. The molecule has 2 atom stereocenters. The van der Waals surface area contributed by atoms with Gasteiger partial charge in [-0.15, -0.1) is 0 Å². The van der Waals surface area contributed by atoms with E-state index in [-0.39, 0.29) is 12.1 Å². The topological polar surface area (TPSA) is 58.2 Å². The number of hydrogen-bond donors (Lipinski definition) is 2.